The van der Waals surface area contributed by atoms with Gasteiger partial charge in [0.1, 0.15) is 6.04 Å². The van der Waals surface area contributed by atoms with Crippen LogP contribution in [0.3, 0.4) is 0 Å². The van der Waals surface area contributed by atoms with Crippen LogP contribution in [0.5, 0.6) is 0 Å². The van der Waals surface area contributed by atoms with Crippen molar-refractivity contribution in [1.29, 1.82) is 0 Å². The molecular weight excluding hydrogens is 276 g/mol. The summed E-state index contributed by atoms with van der Waals surface area (Å²) in [6.45, 7) is 3.39. The van der Waals surface area contributed by atoms with Crippen LogP contribution in [0, 0.1) is 5.92 Å². The van der Waals surface area contributed by atoms with Crippen molar-refractivity contribution in [3.8, 4) is 10.8 Å². The summed E-state index contributed by atoms with van der Waals surface area (Å²) in [6.07, 6.45) is 2.55. The highest BCUT2D eigenvalue weighted by molar-refractivity contribution is 7.13. The van der Waals surface area contributed by atoms with Crippen molar-refractivity contribution in [2.45, 2.75) is 25.9 Å². The summed E-state index contributed by atoms with van der Waals surface area (Å²) in [5, 5.41) is 12.1. The number of rotatable bonds is 4. The molecule has 1 saturated heterocycles. The minimum absolute atomic E-state index is 0.190. The number of hydrogen-bond donors (Lipinski definition) is 1. The summed E-state index contributed by atoms with van der Waals surface area (Å²) in [6, 6.07) is 3.31. The van der Waals surface area contributed by atoms with Gasteiger partial charge in [-0.15, -0.1) is 11.3 Å². The van der Waals surface area contributed by atoms with Gasteiger partial charge >= 0.3 is 5.97 Å². The molecule has 0 saturated carbocycles. The number of aromatic nitrogens is 1. The molecule has 1 N–H and O–H groups in total. The first-order chi connectivity index (χ1) is 9.65. The maximum atomic E-state index is 11.3. The van der Waals surface area contributed by atoms with Crippen LogP contribution < -0.4 is 0 Å². The maximum Gasteiger partial charge on any atom is 0.321 e. The molecule has 20 heavy (non-hydrogen) atoms. The Hall–Kier alpha value is -1.66. The topological polar surface area (TPSA) is 66.6 Å². The fourth-order valence-corrected chi connectivity index (χ4v) is 3.48. The lowest BCUT2D eigenvalue weighted by Gasteiger charge is -2.21. The van der Waals surface area contributed by atoms with E-state index in [1.54, 1.807) is 6.26 Å². The van der Waals surface area contributed by atoms with Crippen molar-refractivity contribution < 1.29 is 14.3 Å². The second-order valence-electron chi connectivity index (χ2n) is 5.14. The summed E-state index contributed by atoms with van der Waals surface area (Å²) in [4.78, 5) is 17.8. The van der Waals surface area contributed by atoms with Crippen LogP contribution in [-0.4, -0.2) is 33.5 Å². The van der Waals surface area contributed by atoms with Gasteiger partial charge in [-0.2, -0.15) is 0 Å². The molecule has 6 heteroatoms. The first kappa shape index (κ1) is 13.3. The van der Waals surface area contributed by atoms with Gasteiger partial charge in [0.25, 0.3) is 0 Å². The molecule has 0 spiro atoms. The van der Waals surface area contributed by atoms with E-state index >= 15 is 0 Å². The lowest BCUT2D eigenvalue weighted by atomic mass is 10.0. The van der Waals surface area contributed by atoms with E-state index in [2.05, 4.69) is 4.98 Å². The van der Waals surface area contributed by atoms with E-state index in [-0.39, 0.29) is 5.92 Å². The van der Waals surface area contributed by atoms with Gasteiger partial charge in [0.15, 0.2) is 10.8 Å². The summed E-state index contributed by atoms with van der Waals surface area (Å²) >= 11 is 1.52. The molecule has 2 atom stereocenters. The number of aliphatic carboxylic acids is 1. The Morgan fingerprint density at radius 2 is 2.50 bits per heavy atom. The highest BCUT2D eigenvalue weighted by Gasteiger charge is 2.36. The van der Waals surface area contributed by atoms with Crippen LogP contribution in [-0.2, 0) is 11.3 Å². The minimum atomic E-state index is -0.739. The number of hydrogen-bond acceptors (Lipinski definition) is 5. The van der Waals surface area contributed by atoms with Crippen molar-refractivity contribution in [2.75, 3.05) is 6.54 Å². The Morgan fingerprint density at radius 3 is 3.20 bits per heavy atom. The number of thiazole rings is 1. The fourth-order valence-electron chi connectivity index (χ4n) is 2.70. The predicted molar refractivity (Wildman–Crippen MR) is 75.4 cm³/mol. The average Bonchev–Trinajstić information content (AvgIpc) is 3.10. The third-order valence-corrected chi connectivity index (χ3v) is 4.61. The Bertz CT molecular complexity index is 593. The van der Waals surface area contributed by atoms with Crippen molar-refractivity contribution >= 4 is 17.3 Å². The second-order valence-corrected chi connectivity index (χ2v) is 6.00. The molecular formula is C14H16N2O3S. The van der Waals surface area contributed by atoms with E-state index in [4.69, 9.17) is 4.42 Å². The first-order valence-corrected chi connectivity index (χ1v) is 7.48. The van der Waals surface area contributed by atoms with E-state index in [1.165, 1.54) is 11.3 Å². The fraction of sp³-hybridized carbons (Fsp3) is 0.429. The van der Waals surface area contributed by atoms with Gasteiger partial charge in [-0.25, -0.2) is 4.98 Å². The molecule has 2 unspecified atom stereocenters. The summed E-state index contributed by atoms with van der Waals surface area (Å²) in [5.74, 6) is 0.206. The number of furan rings is 1. The molecule has 0 amide bonds. The lowest BCUT2D eigenvalue weighted by Crippen LogP contribution is -2.38. The number of nitrogens with zero attached hydrogens (tertiary/aromatic N) is 2. The molecule has 0 aliphatic carbocycles. The standard InChI is InChI=1S/C14H16N2O3S/c1-9-4-5-16(12(9)14(17)18)7-10-8-20-13(15-10)11-3-2-6-19-11/h2-3,6,8-9,12H,4-5,7H2,1H3,(H,17,18). The Morgan fingerprint density at radius 1 is 1.65 bits per heavy atom. The molecule has 106 valence electrons. The van der Waals surface area contributed by atoms with Crippen molar-refractivity contribution in [1.82, 2.24) is 9.88 Å². The number of carboxylic acid groups (broad SMARTS) is 1. The SMILES string of the molecule is CC1CCN(Cc2csc(-c3ccco3)n2)C1C(=O)O. The Labute approximate surface area is 120 Å². The van der Waals surface area contributed by atoms with Crippen LogP contribution in [0.15, 0.2) is 28.2 Å². The summed E-state index contributed by atoms with van der Waals surface area (Å²) < 4.78 is 5.32. The van der Waals surface area contributed by atoms with E-state index in [0.717, 1.165) is 29.4 Å². The maximum absolute atomic E-state index is 11.3. The number of carbonyl (C=O) groups is 1. The number of likely N-dealkylation sites (tertiary alicyclic amines) is 1. The lowest BCUT2D eigenvalue weighted by molar-refractivity contribution is -0.143. The normalized spacial score (nSPS) is 23.2. The highest BCUT2D eigenvalue weighted by Crippen LogP contribution is 2.28. The number of carboxylic acids is 1. The van der Waals surface area contributed by atoms with E-state index in [1.807, 2.05) is 29.3 Å². The van der Waals surface area contributed by atoms with Crippen LogP contribution in [0.25, 0.3) is 10.8 Å². The molecule has 5 nitrogen and oxygen atoms in total. The second kappa shape index (κ2) is 5.38. The molecule has 3 heterocycles. The largest absolute Gasteiger partial charge is 0.480 e. The van der Waals surface area contributed by atoms with Gasteiger partial charge in [-0.3, -0.25) is 9.69 Å². The summed E-state index contributed by atoms with van der Waals surface area (Å²) in [7, 11) is 0. The van der Waals surface area contributed by atoms with E-state index < -0.39 is 12.0 Å². The minimum Gasteiger partial charge on any atom is -0.480 e. The molecule has 1 aliphatic heterocycles. The zero-order chi connectivity index (χ0) is 14.1. The Kier molecular flexibility index (Phi) is 3.58. The van der Waals surface area contributed by atoms with Crippen LogP contribution in [0.4, 0.5) is 0 Å². The van der Waals surface area contributed by atoms with Gasteiger partial charge in [0.05, 0.1) is 12.0 Å². The van der Waals surface area contributed by atoms with Crippen molar-refractivity contribution in [2.24, 2.45) is 5.92 Å². The van der Waals surface area contributed by atoms with Gasteiger partial charge in [-0.1, -0.05) is 6.92 Å². The quantitative estimate of drug-likeness (QED) is 0.938. The van der Waals surface area contributed by atoms with Gasteiger partial charge in [-0.05, 0) is 31.0 Å². The van der Waals surface area contributed by atoms with Crippen LogP contribution in [0.1, 0.15) is 19.0 Å². The molecule has 0 aromatic carbocycles. The molecule has 0 bridgehead atoms. The first-order valence-electron chi connectivity index (χ1n) is 6.60. The molecule has 0 radical (unpaired) electrons. The van der Waals surface area contributed by atoms with Gasteiger partial charge in [0.2, 0.25) is 0 Å². The molecule has 1 aliphatic rings. The molecule has 2 aromatic heterocycles. The summed E-state index contributed by atoms with van der Waals surface area (Å²) in [5.41, 5.74) is 0.904. The van der Waals surface area contributed by atoms with Gasteiger partial charge in [0, 0.05) is 11.9 Å². The zero-order valence-electron chi connectivity index (χ0n) is 11.2. The third-order valence-electron chi connectivity index (χ3n) is 3.71. The van der Waals surface area contributed by atoms with Crippen LogP contribution in [0.2, 0.25) is 0 Å². The van der Waals surface area contributed by atoms with Crippen molar-refractivity contribution in [3.63, 3.8) is 0 Å². The molecule has 1 fully saturated rings. The zero-order valence-corrected chi connectivity index (χ0v) is 12.0. The predicted octanol–water partition coefficient (Wildman–Crippen LogP) is 2.70. The van der Waals surface area contributed by atoms with Gasteiger partial charge < -0.3 is 9.52 Å². The van der Waals surface area contributed by atoms with E-state index in [0.29, 0.717) is 6.54 Å². The third kappa shape index (κ3) is 2.48. The highest BCUT2D eigenvalue weighted by atomic mass is 32.1. The van der Waals surface area contributed by atoms with Crippen molar-refractivity contribution in [3.05, 3.63) is 29.5 Å². The monoisotopic (exact) mass is 292 g/mol. The van der Waals surface area contributed by atoms with E-state index in [9.17, 15) is 9.90 Å². The molecule has 3 rings (SSSR count). The Balaban J connectivity index is 1.74. The van der Waals surface area contributed by atoms with Crippen LogP contribution >= 0.6 is 11.3 Å². The smallest absolute Gasteiger partial charge is 0.321 e. The average molecular weight is 292 g/mol. The molecule has 2 aromatic rings.